The van der Waals surface area contributed by atoms with Crippen LogP contribution >= 0.6 is 0 Å². The molecule has 0 saturated carbocycles. The van der Waals surface area contributed by atoms with E-state index in [1.54, 1.807) is 26.8 Å². The van der Waals surface area contributed by atoms with Gasteiger partial charge in [0.05, 0.1) is 11.5 Å². The topological polar surface area (TPSA) is 86.8 Å². The fraction of sp³-hybridized carbons (Fsp3) is 0.464. The summed E-state index contributed by atoms with van der Waals surface area (Å²) in [5.74, 6) is -1.92. The van der Waals surface area contributed by atoms with Crippen molar-refractivity contribution >= 4 is 17.6 Å². The SMILES string of the molecule is CCCC1(NC(=O)OCc2ccccc2)CCC(C(=O)OC(C)(C)C)C=C1c1cccnc1OC(F)(F)F. The summed E-state index contributed by atoms with van der Waals surface area (Å²) in [6, 6.07) is 12.0. The van der Waals surface area contributed by atoms with E-state index in [0.29, 0.717) is 24.8 Å². The fourth-order valence-corrected chi connectivity index (χ4v) is 4.51. The van der Waals surface area contributed by atoms with Crippen molar-refractivity contribution in [2.45, 2.75) is 77.5 Å². The van der Waals surface area contributed by atoms with E-state index >= 15 is 0 Å². The van der Waals surface area contributed by atoms with Crippen molar-refractivity contribution in [3.8, 4) is 5.88 Å². The number of benzene rings is 1. The van der Waals surface area contributed by atoms with Crippen molar-refractivity contribution in [1.82, 2.24) is 10.3 Å². The lowest BCUT2D eigenvalue weighted by Gasteiger charge is -2.41. The van der Waals surface area contributed by atoms with E-state index in [-0.39, 0.29) is 18.6 Å². The maximum Gasteiger partial charge on any atom is 0.574 e. The summed E-state index contributed by atoms with van der Waals surface area (Å²) in [5.41, 5.74) is -0.778. The molecule has 3 rings (SSSR count). The Balaban J connectivity index is 2.02. The number of carbonyl (C=O) groups is 2. The summed E-state index contributed by atoms with van der Waals surface area (Å²) in [6.07, 6.45) is -1.44. The Labute approximate surface area is 220 Å². The molecule has 38 heavy (non-hydrogen) atoms. The van der Waals surface area contributed by atoms with Gasteiger partial charge in [0.1, 0.15) is 12.2 Å². The minimum atomic E-state index is -4.99. The van der Waals surface area contributed by atoms with Gasteiger partial charge in [-0.25, -0.2) is 9.78 Å². The van der Waals surface area contributed by atoms with Crippen LogP contribution in [0.4, 0.5) is 18.0 Å². The molecule has 1 amide bonds. The molecule has 1 aliphatic carbocycles. The Bertz CT molecular complexity index is 1150. The van der Waals surface area contributed by atoms with E-state index in [1.807, 2.05) is 37.3 Å². The van der Waals surface area contributed by atoms with Gasteiger partial charge in [-0.1, -0.05) is 49.8 Å². The third-order valence-corrected chi connectivity index (χ3v) is 5.98. The quantitative estimate of drug-likeness (QED) is 0.385. The summed E-state index contributed by atoms with van der Waals surface area (Å²) in [5, 5.41) is 2.90. The predicted octanol–water partition coefficient (Wildman–Crippen LogP) is 6.58. The molecule has 206 valence electrons. The highest BCUT2D eigenvalue weighted by molar-refractivity contribution is 5.86. The minimum absolute atomic E-state index is 0.0176. The van der Waals surface area contributed by atoms with Crippen LogP contribution in [0.1, 0.15) is 64.5 Å². The minimum Gasteiger partial charge on any atom is -0.460 e. The number of alkyl carbamates (subject to hydrolysis) is 1. The highest BCUT2D eigenvalue weighted by atomic mass is 19.4. The van der Waals surface area contributed by atoms with Gasteiger partial charge in [0, 0.05) is 11.8 Å². The molecular weight excluding hydrogens is 501 g/mol. The van der Waals surface area contributed by atoms with Crippen LogP contribution in [-0.4, -0.2) is 34.5 Å². The van der Waals surface area contributed by atoms with Gasteiger partial charge in [-0.2, -0.15) is 0 Å². The van der Waals surface area contributed by atoms with Crippen LogP contribution < -0.4 is 10.1 Å². The number of esters is 1. The molecule has 0 saturated heterocycles. The molecule has 0 radical (unpaired) electrons. The summed E-state index contributed by atoms with van der Waals surface area (Å²) in [6.45, 7) is 7.12. The first kappa shape index (κ1) is 29.0. The third kappa shape index (κ3) is 7.97. The fourth-order valence-electron chi connectivity index (χ4n) is 4.51. The van der Waals surface area contributed by atoms with E-state index in [9.17, 15) is 22.8 Å². The molecule has 2 aromatic rings. The predicted molar refractivity (Wildman–Crippen MR) is 135 cm³/mol. The molecule has 10 heteroatoms. The number of pyridine rings is 1. The highest BCUT2D eigenvalue weighted by Crippen LogP contribution is 2.45. The number of ether oxygens (including phenoxy) is 3. The maximum atomic E-state index is 13.2. The largest absolute Gasteiger partial charge is 0.574 e. The Morgan fingerprint density at radius 2 is 1.82 bits per heavy atom. The molecule has 1 aromatic heterocycles. The first-order valence-electron chi connectivity index (χ1n) is 12.5. The molecule has 1 N–H and O–H groups in total. The van der Waals surface area contributed by atoms with Gasteiger partial charge in [0.25, 0.3) is 0 Å². The maximum absolute atomic E-state index is 13.2. The average Bonchev–Trinajstić information content (AvgIpc) is 2.82. The van der Waals surface area contributed by atoms with Crippen molar-refractivity contribution in [3.05, 3.63) is 65.9 Å². The number of alkyl halides is 3. The normalized spacial score (nSPS) is 19.8. The second-order valence-corrected chi connectivity index (χ2v) is 10.2. The Morgan fingerprint density at radius 3 is 2.45 bits per heavy atom. The smallest absolute Gasteiger partial charge is 0.460 e. The van der Waals surface area contributed by atoms with E-state index in [0.717, 1.165) is 5.56 Å². The van der Waals surface area contributed by atoms with Crippen molar-refractivity contribution < 1.29 is 37.0 Å². The summed E-state index contributed by atoms with van der Waals surface area (Å²) in [7, 11) is 0. The average molecular weight is 535 g/mol. The summed E-state index contributed by atoms with van der Waals surface area (Å²) in [4.78, 5) is 29.7. The number of carbonyl (C=O) groups excluding carboxylic acids is 2. The van der Waals surface area contributed by atoms with Gasteiger partial charge in [-0.3, -0.25) is 4.79 Å². The zero-order valence-electron chi connectivity index (χ0n) is 21.9. The molecule has 2 atom stereocenters. The molecule has 1 heterocycles. The first-order chi connectivity index (χ1) is 17.8. The van der Waals surface area contributed by atoms with E-state index in [1.165, 1.54) is 18.3 Å². The van der Waals surface area contributed by atoms with Gasteiger partial charge < -0.3 is 19.5 Å². The molecular formula is C28H33F3N2O5. The monoisotopic (exact) mass is 534 g/mol. The van der Waals surface area contributed by atoms with Crippen molar-refractivity contribution in [3.63, 3.8) is 0 Å². The van der Waals surface area contributed by atoms with Crippen LogP contribution in [0.25, 0.3) is 5.57 Å². The van der Waals surface area contributed by atoms with Crippen LogP contribution in [-0.2, 0) is 20.9 Å². The highest BCUT2D eigenvalue weighted by Gasteiger charge is 2.44. The standard InChI is InChI=1S/C28H33F3N2O5/c1-5-14-27(33-25(35)36-18-19-10-7-6-8-11-19)15-13-20(24(34)38-26(2,3)4)17-22(27)21-12-9-16-32-23(21)37-28(29,30)31/h6-12,16-17,20H,5,13-15,18H2,1-4H3,(H,33,35). The Morgan fingerprint density at radius 1 is 1.11 bits per heavy atom. The van der Waals surface area contributed by atoms with Crippen LogP contribution in [0, 0.1) is 5.92 Å². The van der Waals surface area contributed by atoms with Crippen molar-refractivity contribution in [2.75, 3.05) is 0 Å². The molecule has 0 bridgehead atoms. The second-order valence-electron chi connectivity index (χ2n) is 10.2. The summed E-state index contributed by atoms with van der Waals surface area (Å²) >= 11 is 0. The lowest BCUT2D eigenvalue weighted by Crippen LogP contribution is -2.51. The van der Waals surface area contributed by atoms with Gasteiger partial charge in [-0.05, 0) is 63.3 Å². The molecule has 0 fully saturated rings. The third-order valence-electron chi connectivity index (χ3n) is 5.98. The lowest BCUT2D eigenvalue weighted by atomic mass is 9.71. The molecule has 2 unspecified atom stereocenters. The number of amides is 1. The number of hydrogen-bond donors (Lipinski definition) is 1. The van der Waals surface area contributed by atoms with E-state index in [4.69, 9.17) is 9.47 Å². The van der Waals surface area contributed by atoms with Crippen LogP contribution in [0.3, 0.4) is 0 Å². The molecule has 1 aliphatic rings. The van der Waals surface area contributed by atoms with Crippen LogP contribution in [0.2, 0.25) is 0 Å². The number of hydrogen-bond acceptors (Lipinski definition) is 6. The van der Waals surface area contributed by atoms with Gasteiger partial charge in [0.15, 0.2) is 0 Å². The van der Waals surface area contributed by atoms with Gasteiger partial charge in [0.2, 0.25) is 5.88 Å². The zero-order valence-corrected chi connectivity index (χ0v) is 21.9. The number of halogens is 3. The Hall–Kier alpha value is -3.56. The van der Waals surface area contributed by atoms with E-state index < -0.39 is 41.4 Å². The molecule has 0 spiro atoms. The number of nitrogens with one attached hydrogen (secondary N) is 1. The lowest BCUT2D eigenvalue weighted by molar-refractivity contribution is -0.276. The number of rotatable bonds is 8. The molecule has 0 aliphatic heterocycles. The second kappa shape index (κ2) is 11.9. The zero-order chi connectivity index (χ0) is 28.0. The molecule has 7 nitrogen and oxygen atoms in total. The van der Waals surface area contributed by atoms with Gasteiger partial charge in [-0.15, -0.1) is 13.2 Å². The van der Waals surface area contributed by atoms with Crippen molar-refractivity contribution in [2.24, 2.45) is 5.92 Å². The number of aromatic nitrogens is 1. The Kier molecular flexibility index (Phi) is 9.06. The van der Waals surface area contributed by atoms with Crippen molar-refractivity contribution in [1.29, 1.82) is 0 Å². The van der Waals surface area contributed by atoms with Crippen LogP contribution in [0.5, 0.6) is 5.88 Å². The number of nitrogens with zero attached hydrogens (tertiary/aromatic N) is 1. The first-order valence-corrected chi connectivity index (χ1v) is 12.5. The molecule has 1 aromatic carbocycles. The van der Waals surface area contributed by atoms with Crippen LogP contribution in [0.15, 0.2) is 54.7 Å². The van der Waals surface area contributed by atoms with E-state index in [2.05, 4.69) is 15.0 Å². The summed E-state index contributed by atoms with van der Waals surface area (Å²) < 4.78 is 55.0. The van der Waals surface area contributed by atoms with Gasteiger partial charge >= 0.3 is 18.4 Å².